The van der Waals surface area contributed by atoms with E-state index in [2.05, 4.69) is 64.5 Å². The number of pyridine rings is 2. The Hall–Kier alpha value is -6.22. The number of nitrogens with one attached hydrogen (secondary N) is 2. The molecule has 0 fully saturated rings. The Morgan fingerprint density at radius 1 is 0.604 bits per heavy atom. The van der Waals surface area contributed by atoms with Crippen LogP contribution in [0.3, 0.4) is 0 Å². The van der Waals surface area contributed by atoms with E-state index in [1.165, 1.54) is 5.56 Å². The average molecular weight is 636 g/mol. The molecule has 3 aromatic carbocycles. The predicted molar refractivity (Wildman–Crippen MR) is 193 cm³/mol. The van der Waals surface area contributed by atoms with Crippen LogP contribution in [0, 0.1) is 6.92 Å². The molecule has 0 aliphatic heterocycles. The first kappa shape index (κ1) is 31.7. The van der Waals surface area contributed by atoms with Crippen molar-refractivity contribution >= 4 is 40.2 Å². The third kappa shape index (κ3) is 7.42. The monoisotopic (exact) mass is 635 g/mol. The van der Waals surface area contributed by atoms with E-state index >= 15 is 0 Å². The molecule has 7 aromatic rings. The normalized spacial score (nSPS) is 10.7. The van der Waals surface area contributed by atoms with Crippen molar-refractivity contribution in [1.29, 1.82) is 0 Å². The minimum atomic E-state index is -0.216. The highest BCUT2D eigenvalue weighted by molar-refractivity contribution is 6.03. The fourth-order valence-electron chi connectivity index (χ4n) is 5.40. The van der Waals surface area contributed by atoms with Crippen molar-refractivity contribution in [2.75, 3.05) is 28.6 Å². The maximum Gasteiger partial charge on any atom is 0.275 e. The standard InChI is InChI=1S/C21H17N3O.C18H20N4O/c1-15-6-5-7-16(12-15)17-10-11-20-23-19(14-24(20)13-17)21(25)22-18-8-3-2-4-9-18;1-3-21(4-2)15-10-11-17-20-16(13-22(17)12-15)18(23)19-14-8-6-5-7-9-14/h2-14H,1H3,(H,22,25);5-13H,3-4H2,1-2H3,(H,19,23). The lowest BCUT2D eigenvalue weighted by Crippen LogP contribution is -2.21. The van der Waals surface area contributed by atoms with Gasteiger partial charge in [0.05, 0.1) is 5.69 Å². The van der Waals surface area contributed by atoms with Gasteiger partial charge in [0, 0.05) is 49.3 Å². The van der Waals surface area contributed by atoms with Gasteiger partial charge in [-0.2, -0.15) is 0 Å². The van der Waals surface area contributed by atoms with Crippen molar-refractivity contribution in [3.8, 4) is 11.1 Å². The molecule has 48 heavy (non-hydrogen) atoms. The summed E-state index contributed by atoms with van der Waals surface area (Å²) in [6.07, 6.45) is 7.53. The van der Waals surface area contributed by atoms with Gasteiger partial charge in [0.25, 0.3) is 11.8 Å². The first-order valence-electron chi connectivity index (χ1n) is 15.9. The van der Waals surface area contributed by atoms with Gasteiger partial charge in [-0.15, -0.1) is 0 Å². The molecular weight excluding hydrogens is 598 g/mol. The molecule has 4 heterocycles. The Balaban J connectivity index is 0.000000168. The number of fused-ring (bicyclic) bond motifs is 2. The second kappa shape index (κ2) is 14.5. The first-order valence-corrected chi connectivity index (χ1v) is 15.9. The summed E-state index contributed by atoms with van der Waals surface area (Å²) < 4.78 is 3.78. The largest absolute Gasteiger partial charge is 0.371 e. The van der Waals surface area contributed by atoms with Crippen molar-refractivity contribution in [3.63, 3.8) is 0 Å². The lowest BCUT2D eigenvalue weighted by Gasteiger charge is -2.20. The van der Waals surface area contributed by atoms with E-state index in [1.54, 1.807) is 12.4 Å². The van der Waals surface area contributed by atoms with E-state index in [0.29, 0.717) is 11.4 Å². The number of nitrogens with zero attached hydrogens (tertiary/aromatic N) is 5. The number of hydrogen-bond donors (Lipinski definition) is 2. The predicted octanol–water partition coefficient (Wildman–Crippen LogP) is 7.99. The van der Waals surface area contributed by atoms with Crippen LogP contribution < -0.4 is 15.5 Å². The number of carbonyl (C=O) groups excluding carboxylic acids is 2. The number of imidazole rings is 2. The number of aromatic nitrogens is 4. The number of carbonyl (C=O) groups is 2. The molecule has 2 amide bonds. The molecule has 9 nitrogen and oxygen atoms in total. The Labute approximate surface area is 279 Å². The maximum absolute atomic E-state index is 12.4. The summed E-state index contributed by atoms with van der Waals surface area (Å²) in [5.41, 5.74) is 8.39. The molecule has 0 atom stereocenters. The number of hydrogen-bond acceptors (Lipinski definition) is 5. The van der Waals surface area contributed by atoms with E-state index < -0.39 is 0 Å². The third-order valence-corrected chi connectivity index (χ3v) is 7.90. The summed E-state index contributed by atoms with van der Waals surface area (Å²) in [4.78, 5) is 35.8. The van der Waals surface area contributed by atoms with Crippen LogP contribution in [0.4, 0.5) is 17.1 Å². The summed E-state index contributed by atoms with van der Waals surface area (Å²) in [5, 5.41) is 5.71. The van der Waals surface area contributed by atoms with Crippen LogP contribution in [0.15, 0.2) is 134 Å². The number of amides is 2. The second-order valence-electron chi connectivity index (χ2n) is 11.3. The van der Waals surface area contributed by atoms with Gasteiger partial charge < -0.3 is 24.3 Å². The van der Waals surface area contributed by atoms with Crippen LogP contribution >= 0.6 is 0 Å². The molecule has 4 aromatic heterocycles. The van der Waals surface area contributed by atoms with E-state index in [-0.39, 0.29) is 11.8 Å². The zero-order chi connectivity index (χ0) is 33.5. The molecule has 7 rings (SSSR count). The van der Waals surface area contributed by atoms with E-state index in [9.17, 15) is 9.59 Å². The Morgan fingerprint density at radius 2 is 1.15 bits per heavy atom. The van der Waals surface area contributed by atoms with E-state index in [1.807, 2.05) is 112 Å². The highest BCUT2D eigenvalue weighted by atomic mass is 16.2. The zero-order valence-corrected chi connectivity index (χ0v) is 27.2. The quantitative estimate of drug-likeness (QED) is 0.176. The molecule has 0 radical (unpaired) electrons. The Bertz CT molecular complexity index is 2170. The van der Waals surface area contributed by atoms with Crippen LogP contribution in [0.25, 0.3) is 22.4 Å². The highest BCUT2D eigenvalue weighted by Gasteiger charge is 2.13. The number of aryl methyl sites for hydroxylation is 1. The number of rotatable bonds is 8. The molecule has 0 saturated heterocycles. The lowest BCUT2D eigenvalue weighted by molar-refractivity contribution is 0.101. The number of anilines is 3. The maximum atomic E-state index is 12.4. The van der Waals surface area contributed by atoms with Crippen molar-refractivity contribution in [1.82, 2.24) is 18.8 Å². The van der Waals surface area contributed by atoms with Crippen molar-refractivity contribution in [3.05, 3.63) is 151 Å². The van der Waals surface area contributed by atoms with Gasteiger partial charge in [0.15, 0.2) is 0 Å². The summed E-state index contributed by atoms with van der Waals surface area (Å²) >= 11 is 0. The zero-order valence-electron chi connectivity index (χ0n) is 27.2. The van der Waals surface area contributed by atoms with Crippen LogP contribution in [-0.2, 0) is 0 Å². The van der Waals surface area contributed by atoms with Gasteiger partial charge in [-0.05, 0) is 80.4 Å². The fraction of sp³-hybridized carbons (Fsp3) is 0.128. The summed E-state index contributed by atoms with van der Waals surface area (Å²) in [5.74, 6) is -0.420. The topological polar surface area (TPSA) is 96.0 Å². The molecule has 240 valence electrons. The smallest absolute Gasteiger partial charge is 0.275 e. The van der Waals surface area contributed by atoms with Gasteiger partial charge in [0.1, 0.15) is 22.7 Å². The third-order valence-electron chi connectivity index (χ3n) is 7.90. The Morgan fingerprint density at radius 3 is 1.69 bits per heavy atom. The molecule has 0 unspecified atom stereocenters. The SMILES string of the molecule is CCN(CC)c1ccc2nc(C(=O)Nc3ccccc3)cn2c1.Cc1cccc(-c2ccc3nc(C(=O)Nc4ccccc4)cn3c2)c1. The van der Waals surface area contributed by atoms with Gasteiger partial charge >= 0.3 is 0 Å². The van der Waals surface area contributed by atoms with Crippen LogP contribution in [0.1, 0.15) is 40.4 Å². The molecule has 2 N–H and O–H groups in total. The Kier molecular flexibility index (Phi) is 9.57. The molecule has 0 aliphatic rings. The lowest BCUT2D eigenvalue weighted by atomic mass is 10.1. The summed E-state index contributed by atoms with van der Waals surface area (Å²) in [6, 6.07) is 35.0. The van der Waals surface area contributed by atoms with Gasteiger partial charge in [0.2, 0.25) is 0 Å². The van der Waals surface area contributed by atoms with Gasteiger partial charge in [-0.25, -0.2) is 9.97 Å². The van der Waals surface area contributed by atoms with E-state index in [4.69, 9.17) is 0 Å². The average Bonchev–Trinajstić information content (AvgIpc) is 3.74. The van der Waals surface area contributed by atoms with E-state index in [0.717, 1.165) is 52.6 Å². The summed E-state index contributed by atoms with van der Waals surface area (Å²) in [6.45, 7) is 8.21. The van der Waals surface area contributed by atoms with Gasteiger partial charge in [-0.3, -0.25) is 9.59 Å². The van der Waals surface area contributed by atoms with Crippen LogP contribution in [0.2, 0.25) is 0 Å². The van der Waals surface area contributed by atoms with Crippen molar-refractivity contribution in [2.24, 2.45) is 0 Å². The molecule has 0 aliphatic carbocycles. The van der Waals surface area contributed by atoms with Crippen molar-refractivity contribution < 1.29 is 9.59 Å². The highest BCUT2D eigenvalue weighted by Crippen LogP contribution is 2.22. The van der Waals surface area contributed by atoms with Crippen molar-refractivity contribution in [2.45, 2.75) is 20.8 Å². The van der Waals surface area contributed by atoms with Crippen LogP contribution in [-0.4, -0.2) is 43.7 Å². The second-order valence-corrected chi connectivity index (χ2v) is 11.3. The first-order chi connectivity index (χ1) is 23.4. The number of para-hydroxylation sites is 2. The molecular formula is C39H37N7O2. The van der Waals surface area contributed by atoms with Crippen LogP contribution in [0.5, 0.6) is 0 Å². The fourth-order valence-corrected chi connectivity index (χ4v) is 5.40. The van der Waals surface area contributed by atoms with Gasteiger partial charge in [-0.1, -0.05) is 66.2 Å². The molecule has 0 bridgehead atoms. The number of benzene rings is 3. The molecule has 9 heteroatoms. The molecule has 0 spiro atoms. The summed E-state index contributed by atoms with van der Waals surface area (Å²) in [7, 11) is 0. The minimum absolute atomic E-state index is 0.204. The molecule has 0 saturated carbocycles. The minimum Gasteiger partial charge on any atom is -0.371 e.